The fourth-order valence-corrected chi connectivity index (χ4v) is 1.94. The normalized spacial score (nSPS) is 9.65. The topological polar surface area (TPSA) is 71.7 Å². The number of anilines is 1. The van der Waals surface area contributed by atoms with Crippen LogP contribution in [0, 0.1) is 0 Å². The first-order valence-corrected chi connectivity index (χ1v) is 4.94. The molecule has 0 aliphatic heterocycles. The van der Waals surface area contributed by atoms with Gasteiger partial charge in [-0.05, 0) is 12.1 Å². The van der Waals surface area contributed by atoms with Gasteiger partial charge in [0.25, 0.3) is 0 Å². The summed E-state index contributed by atoms with van der Waals surface area (Å²) in [7, 11) is 0. The second-order valence-corrected chi connectivity index (χ2v) is 3.63. The third-order valence-electron chi connectivity index (χ3n) is 2.70. The summed E-state index contributed by atoms with van der Waals surface area (Å²) in [4.78, 5) is 3.37. The number of rotatable bonds is 0. The van der Waals surface area contributed by atoms with Gasteiger partial charge in [-0.2, -0.15) is 0 Å². The lowest BCUT2D eigenvalue weighted by Gasteiger charge is -2.00. The van der Waals surface area contributed by atoms with Crippen molar-refractivity contribution in [1.29, 1.82) is 0 Å². The van der Waals surface area contributed by atoms with Crippen LogP contribution in [0.3, 0.4) is 0 Å². The number of nitrogen functional groups attached to an aromatic ring is 1. The minimum absolute atomic E-state index is 0. The van der Waals surface area contributed by atoms with Crippen molar-refractivity contribution in [2.45, 2.75) is 0 Å². The van der Waals surface area contributed by atoms with Crippen LogP contribution >= 0.6 is 0 Å². The maximum atomic E-state index is 6.13. The molecule has 0 atom stereocenters. The van der Waals surface area contributed by atoms with Crippen LogP contribution in [-0.2, 0) is 0 Å². The highest BCUT2D eigenvalue weighted by Crippen LogP contribution is 2.24. The van der Waals surface area contributed by atoms with Gasteiger partial charge in [-0.15, -0.1) is 0 Å². The van der Waals surface area contributed by atoms with Crippen LogP contribution in [0.1, 0.15) is 0 Å². The van der Waals surface area contributed by atoms with E-state index in [0.29, 0.717) is 0 Å². The standard InChI is InChI=1S/C13H10N2.HI.H2O/c14-13-9-5-1-3-7-11(9)15-12-8-4-2-6-10(12)13;;/h1-8H,(H2,14,15);1H;1H2. The van der Waals surface area contributed by atoms with Gasteiger partial charge in [0.2, 0.25) is 11.0 Å². The summed E-state index contributed by atoms with van der Waals surface area (Å²) < 4.78 is 0. The Hall–Kier alpha value is -1.40. The van der Waals surface area contributed by atoms with Crippen molar-refractivity contribution in [2.24, 2.45) is 0 Å². The molecule has 0 bridgehead atoms. The van der Waals surface area contributed by atoms with Crippen molar-refractivity contribution in [2.75, 3.05) is 5.73 Å². The molecule has 1 aromatic heterocycles. The van der Waals surface area contributed by atoms with Crippen LogP contribution in [0.25, 0.3) is 21.8 Å². The van der Waals surface area contributed by atoms with Gasteiger partial charge in [-0.25, -0.2) is 4.98 Å². The maximum absolute atomic E-state index is 6.13. The molecule has 1 heterocycles. The molecule has 0 spiro atoms. The van der Waals surface area contributed by atoms with Gasteiger partial charge in [-0.1, -0.05) is 24.3 Å². The number of hydrogen-bond acceptors (Lipinski definition) is 1. The van der Waals surface area contributed by atoms with E-state index < -0.39 is 0 Å². The fourth-order valence-electron chi connectivity index (χ4n) is 1.94. The summed E-state index contributed by atoms with van der Waals surface area (Å²) in [5.74, 6) is 0. The molecule has 2 aromatic carbocycles. The molecule has 0 amide bonds. The Morgan fingerprint density at radius 1 is 0.765 bits per heavy atom. The Morgan fingerprint density at radius 3 is 1.65 bits per heavy atom. The molecule has 0 saturated carbocycles. The van der Waals surface area contributed by atoms with Crippen molar-refractivity contribution in [3.8, 4) is 0 Å². The van der Waals surface area contributed by atoms with Gasteiger partial charge < -0.3 is 35.2 Å². The number of H-pyrrole nitrogens is 1. The Labute approximate surface area is 116 Å². The molecule has 5 N–H and O–H groups in total. The second-order valence-electron chi connectivity index (χ2n) is 3.63. The Morgan fingerprint density at radius 2 is 1.18 bits per heavy atom. The molecule has 3 nitrogen and oxygen atoms in total. The van der Waals surface area contributed by atoms with Crippen LogP contribution in [0.2, 0.25) is 0 Å². The quantitative estimate of drug-likeness (QED) is 0.396. The highest BCUT2D eigenvalue weighted by atomic mass is 127. The summed E-state index contributed by atoms with van der Waals surface area (Å²) in [5, 5.41) is 2.16. The number of aromatic amines is 1. The zero-order chi connectivity index (χ0) is 10.3. The maximum Gasteiger partial charge on any atom is 0.213 e. The number of pyridine rings is 1. The van der Waals surface area contributed by atoms with Crippen LogP contribution in [-0.4, -0.2) is 5.48 Å². The molecule has 0 fully saturated rings. The van der Waals surface area contributed by atoms with Gasteiger partial charge in [0.05, 0.1) is 16.5 Å². The zero-order valence-corrected chi connectivity index (χ0v) is 11.2. The molecule has 88 valence electrons. The van der Waals surface area contributed by atoms with E-state index in [2.05, 4.69) is 4.98 Å². The van der Waals surface area contributed by atoms with E-state index in [9.17, 15) is 0 Å². The molecular formula is C13H13IN2O. The second kappa shape index (κ2) is 5.29. The van der Waals surface area contributed by atoms with E-state index in [4.69, 9.17) is 5.73 Å². The van der Waals surface area contributed by atoms with E-state index in [0.717, 1.165) is 27.5 Å². The smallest absolute Gasteiger partial charge is 0.213 e. The van der Waals surface area contributed by atoms with E-state index in [1.54, 1.807) is 0 Å². The molecule has 0 radical (unpaired) electrons. The van der Waals surface area contributed by atoms with Crippen molar-refractivity contribution >= 4 is 27.5 Å². The first kappa shape index (κ1) is 13.7. The van der Waals surface area contributed by atoms with Gasteiger partial charge in [0.15, 0.2) is 0 Å². The predicted molar refractivity (Wildman–Crippen MR) is 66.0 cm³/mol. The number of benzene rings is 2. The number of halogens is 1. The van der Waals surface area contributed by atoms with Gasteiger partial charge >= 0.3 is 0 Å². The number of nitrogens with two attached hydrogens (primary N) is 1. The lowest BCUT2D eigenvalue weighted by Crippen LogP contribution is -3.00. The van der Waals surface area contributed by atoms with Crippen LogP contribution in [0.5, 0.6) is 0 Å². The summed E-state index contributed by atoms with van der Waals surface area (Å²) in [5.41, 5.74) is 9.14. The van der Waals surface area contributed by atoms with E-state index >= 15 is 0 Å². The Kier molecular flexibility index (Phi) is 4.25. The number of aromatic nitrogens is 1. The zero-order valence-electron chi connectivity index (χ0n) is 9.07. The van der Waals surface area contributed by atoms with Gasteiger partial charge in [-0.3, -0.25) is 0 Å². The number of fused-ring (bicyclic) bond motifs is 2. The lowest BCUT2D eigenvalue weighted by molar-refractivity contribution is -0.310. The molecule has 3 aromatic rings. The molecule has 0 aliphatic rings. The minimum atomic E-state index is 0. The minimum Gasteiger partial charge on any atom is -1.00 e. The summed E-state index contributed by atoms with van der Waals surface area (Å²) >= 11 is 0. The molecular weight excluding hydrogens is 327 g/mol. The van der Waals surface area contributed by atoms with E-state index in [-0.39, 0.29) is 29.5 Å². The number of hydrogen-bond donors (Lipinski definition) is 1. The average molecular weight is 340 g/mol. The van der Waals surface area contributed by atoms with Crippen LogP contribution in [0.4, 0.5) is 5.69 Å². The van der Waals surface area contributed by atoms with Crippen molar-refractivity contribution in [3.63, 3.8) is 0 Å². The van der Waals surface area contributed by atoms with Gasteiger partial charge in [0, 0.05) is 12.1 Å². The molecule has 0 aliphatic carbocycles. The Balaban J connectivity index is 0.000000722. The number of nitrogens with one attached hydrogen (secondary N) is 1. The third-order valence-corrected chi connectivity index (χ3v) is 2.70. The fraction of sp³-hybridized carbons (Fsp3) is 0. The van der Waals surface area contributed by atoms with E-state index in [1.165, 1.54) is 0 Å². The number of para-hydroxylation sites is 2. The summed E-state index contributed by atoms with van der Waals surface area (Å²) in [6.07, 6.45) is 0. The van der Waals surface area contributed by atoms with Gasteiger partial charge in [0.1, 0.15) is 0 Å². The van der Waals surface area contributed by atoms with Crippen LogP contribution < -0.4 is 34.7 Å². The summed E-state index contributed by atoms with van der Waals surface area (Å²) in [6.45, 7) is 0. The SMILES string of the molecule is Nc1c2ccccc2[nH+]c2ccccc12.O.[I-]. The summed E-state index contributed by atoms with van der Waals surface area (Å²) in [6, 6.07) is 16.2. The lowest BCUT2D eigenvalue weighted by atomic mass is 10.1. The van der Waals surface area contributed by atoms with Crippen molar-refractivity contribution in [1.82, 2.24) is 0 Å². The molecule has 17 heavy (non-hydrogen) atoms. The third kappa shape index (κ3) is 2.18. The molecule has 3 rings (SSSR count). The molecule has 0 saturated heterocycles. The van der Waals surface area contributed by atoms with E-state index in [1.807, 2.05) is 48.5 Å². The highest BCUT2D eigenvalue weighted by Gasteiger charge is 2.09. The first-order chi connectivity index (χ1) is 7.36. The largest absolute Gasteiger partial charge is 1.00 e. The van der Waals surface area contributed by atoms with Crippen molar-refractivity contribution < 1.29 is 34.4 Å². The average Bonchev–Trinajstić information content (AvgIpc) is 2.30. The highest BCUT2D eigenvalue weighted by molar-refractivity contribution is 6.03. The van der Waals surface area contributed by atoms with Crippen LogP contribution in [0.15, 0.2) is 48.5 Å². The van der Waals surface area contributed by atoms with Crippen molar-refractivity contribution in [3.05, 3.63) is 48.5 Å². The Bertz CT molecular complexity index is 601. The molecule has 0 unspecified atom stereocenters. The molecule has 4 heteroatoms. The predicted octanol–water partition coefficient (Wildman–Crippen LogP) is -1.43. The monoisotopic (exact) mass is 340 g/mol. The first-order valence-electron chi connectivity index (χ1n) is 4.94.